The number of anilines is 1. The van der Waals surface area contributed by atoms with Crippen molar-refractivity contribution in [3.63, 3.8) is 0 Å². The summed E-state index contributed by atoms with van der Waals surface area (Å²) < 4.78 is 18.5. The summed E-state index contributed by atoms with van der Waals surface area (Å²) >= 11 is 0. The molecule has 0 aliphatic carbocycles. The van der Waals surface area contributed by atoms with Gasteiger partial charge in [-0.25, -0.2) is 9.18 Å². The van der Waals surface area contributed by atoms with Gasteiger partial charge in [0.05, 0.1) is 11.2 Å². The number of nitrogens with one attached hydrogen (secondary N) is 2. The highest BCUT2D eigenvalue weighted by atomic mass is 19.1. The number of fused-ring (bicyclic) bond motifs is 1. The molecule has 0 unspecified atom stereocenters. The molecule has 1 fully saturated rings. The summed E-state index contributed by atoms with van der Waals surface area (Å²) in [6.45, 7) is 3.22. The van der Waals surface area contributed by atoms with E-state index in [2.05, 4.69) is 10.3 Å². The van der Waals surface area contributed by atoms with Crippen molar-refractivity contribution < 1.29 is 8.81 Å². The van der Waals surface area contributed by atoms with E-state index in [1.165, 1.54) is 12.1 Å². The van der Waals surface area contributed by atoms with Gasteiger partial charge in [-0.15, -0.1) is 0 Å². The lowest BCUT2D eigenvalue weighted by molar-refractivity contribution is 0.546. The summed E-state index contributed by atoms with van der Waals surface area (Å²) in [7, 11) is 0. The van der Waals surface area contributed by atoms with E-state index in [4.69, 9.17) is 4.42 Å². The van der Waals surface area contributed by atoms with E-state index in [1.54, 1.807) is 0 Å². The molecule has 1 aromatic carbocycles. The first-order valence-corrected chi connectivity index (χ1v) is 5.52. The fourth-order valence-electron chi connectivity index (χ4n) is 2.15. The third kappa shape index (κ3) is 1.80. The number of nitrogens with zero attached hydrogens (tertiary/aromatic N) is 1. The van der Waals surface area contributed by atoms with E-state index in [-0.39, 0.29) is 5.82 Å². The second kappa shape index (κ2) is 3.89. The second-order valence-electron chi connectivity index (χ2n) is 4.05. The number of hydrogen-bond donors (Lipinski definition) is 2. The lowest BCUT2D eigenvalue weighted by atomic mass is 10.2. The van der Waals surface area contributed by atoms with Crippen molar-refractivity contribution in [3.05, 3.63) is 28.5 Å². The Balaban J connectivity index is 2.15. The molecule has 5 nitrogen and oxygen atoms in total. The van der Waals surface area contributed by atoms with Gasteiger partial charge in [0.2, 0.25) is 0 Å². The molecule has 2 heterocycles. The van der Waals surface area contributed by atoms with Crippen molar-refractivity contribution in [1.82, 2.24) is 10.3 Å². The summed E-state index contributed by atoms with van der Waals surface area (Å²) in [5, 5.41) is 3.22. The van der Waals surface area contributed by atoms with Gasteiger partial charge in [-0.05, 0) is 0 Å². The third-order valence-electron chi connectivity index (χ3n) is 2.92. The van der Waals surface area contributed by atoms with Crippen molar-refractivity contribution in [2.24, 2.45) is 0 Å². The van der Waals surface area contributed by atoms with Crippen LogP contribution in [0.2, 0.25) is 0 Å². The van der Waals surface area contributed by atoms with Crippen LogP contribution in [0.4, 0.5) is 10.1 Å². The Hall–Kier alpha value is -1.82. The van der Waals surface area contributed by atoms with Gasteiger partial charge >= 0.3 is 5.76 Å². The van der Waals surface area contributed by atoms with Crippen LogP contribution in [0.3, 0.4) is 0 Å². The van der Waals surface area contributed by atoms with Gasteiger partial charge in [0, 0.05) is 38.3 Å². The number of rotatable bonds is 1. The number of aromatic amines is 1. The Labute approximate surface area is 96.2 Å². The number of benzene rings is 1. The summed E-state index contributed by atoms with van der Waals surface area (Å²) in [5.41, 5.74) is 1.47. The smallest absolute Gasteiger partial charge is 0.406 e. The Kier molecular flexibility index (Phi) is 2.36. The van der Waals surface area contributed by atoms with Gasteiger partial charge in [0.25, 0.3) is 0 Å². The molecule has 0 saturated carbocycles. The van der Waals surface area contributed by atoms with Crippen LogP contribution >= 0.6 is 0 Å². The van der Waals surface area contributed by atoms with Crippen LogP contribution in [0.25, 0.3) is 11.1 Å². The van der Waals surface area contributed by atoms with Crippen LogP contribution in [0.5, 0.6) is 0 Å². The first-order valence-electron chi connectivity index (χ1n) is 5.52. The van der Waals surface area contributed by atoms with Crippen LogP contribution in [-0.4, -0.2) is 31.2 Å². The predicted molar refractivity (Wildman–Crippen MR) is 61.9 cm³/mol. The molecule has 2 N–H and O–H groups in total. The minimum absolute atomic E-state index is 0.372. The average Bonchev–Trinajstić information content (AvgIpc) is 2.69. The zero-order valence-electron chi connectivity index (χ0n) is 9.12. The maximum atomic E-state index is 13.5. The van der Waals surface area contributed by atoms with Gasteiger partial charge in [-0.1, -0.05) is 0 Å². The molecule has 1 aromatic heterocycles. The zero-order valence-corrected chi connectivity index (χ0v) is 9.12. The number of halogens is 1. The van der Waals surface area contributed by atoms with E-state index < -0.39 is 5.76 Å². The van der Waals surface area contributed by atoms with E-state index >= 15 is 0 Å². The normalized spacial score (nSPS) is 16.6. The summed E-state index contributed by atoms with van der Waals surface area (Å²) in [6, 6.07) is 2.68. The molecule has 1 aliphatic rings. The van der Waals surface area contributed by atoms with Gasteiger partial charge in [0.15, 0.2) is 5.58 Å². The SMILES string of the molecule is O=c1[nH]c2cc(F)cc(N3CCNCC3)c2o1. The Morgan fingerprint density at radius 1 is 1.29 bits per heavy atom. The lowest BCUT2D eigenvalue weighted by Gasteiger charge is -2.29. The number of aromatic nitrogens is 1. The second-order valence-corrected chi connectivity index (χ2v) is 4.05. The fraction of sp³-hybridized carbons (Fsp3) is 0.364. The van der Waals surface area contributed by atoms with Crippen LogP contribution in [0, 0.1) is 5.82 Å². The molecule has 3 rings (SSSR count). The van der Waals surface area contributed by atoms with Gasteiger partial charge in [-0.3, -0.25) is 4.98 Å². The molecule has 1 aliphatic heterocycles. The van der Waals surface area contributed by atoms with Crippen LogP contribution in [0.1, 0.15) is 0 Å². The van der Waals surface area contributed by atoms with Gasteiger partial charge in [-0.2, -0.15) is 0 Å². The quantitative estimate of drug-likeness (QED) is 0.765. The number of H-pyrrole nitrogens is 1. The molecule has 6 heteroatoms. The summed E-state index contributed by atoms with van der Waals surface area (Å²) in [6.07, 6.45) is 0. The van der Waals surface area contributed by atoms with Gasteiger partial charge in [0.1, 0.15) is 5.82 Å². The number of hydrogen-bond acceptors (Lipinski definition) is 4. The lowest BCUT2D eigenvalue weighted by Crippen LogP contribution is -2.43. The van der Waals surface area contributed by atoms with Crippen molar-refractivity contribution in [2.75, 3.05) is 31.1 Å². The van der Waals surface area contributed by atoms with E-state index in [1.807, 2.05) is 4.90 Å². The monoisotopic (exact) mass is 237 g/mol. The van der Waals surface area contributed by atoms with Crippen LogP contribution in [-0.2, 0) is 0 Å². The number of piperazine rings is 1. The Morgan fingerprint density at radius 3 is 2.82 bits per heavy atom. The minimum Gasteiger partial charge on any atom is -0.406 e. The average molecular weight is 237 g/mol. The van der Waals surface area contributed by atoms with E-state index in [0.29, 0.717) is 16.8 Å². The van der Waals surface area contributed by atoms with Crippen LogP contribution in [0.15, 0.2) is 21.3 Å². The molecule has 0 atom stereocenters. The molecular weight excluding hydrogens is 225 g/mol. The summed E-state index contributed by atoms with van der Waals surface area (Å²) in [4.78, 5) is 15.6. The Morgan fingerprint density at radius 2 is 2.06 bits per heavy atom. The number of oxazole rings is 1. The largest absolute Gasteiger partial charge is 0.417 e. The van der Waals surface area contributed by atoms with Crippen LogP contribution < -0.4 is 16.0 Å². The predicted octanol–water partition coefficient (Wildman–Crippen LogP) is 0.670. The van der Waals surface area contributed by atoms with Crippen molar-refractivity contribution in [1.29, 1.82) is 0 Å². The molecule has 0 amide bonds. The molecule has 2 aromatic rings. The molecule has 0 bridgehead atoms. The van der Waals surface area contributed by atoms with Crippen molar-refractivity contribution in [3.8, 4) is 0 Å². The Bertz CT molecular complexity index is 598. The first-order chi connectivity index (χ1) is 8.24. The van der Waals surface area contributed by atoms with Crippen molar-refractivity contribution in [2.45, 2.75) is 0 Å². The first kappa shape index (κ1) is 10.3. The molecule has 1 saturated heterocycles. The maximum Gasteiger partial charge on any atom is 0.417 e. The van der Waals surface area contributed by atoms with E-state index in [9.17, 15) is 9.18 Å². The van der Waals surface area contributed by atoms with Gasteiger partial charge < -0.3 is 14.6 Å². The topological polar surface area (TPSA) is 61.3 Å². The fourth-order valence-corrected chi connectivity index (χ4v) is 2.15. The molecule has 0 radical (unpaired) electrons. The summed E-state index contributed by atoms with van der Waals surface area (Å²) in [5.74, 6) is -0.926. The molecular formula is C11H12FN3O2. The molecule has 17 heavy (non-hydrogen) atoms. The highest BCUT2D eigenvalue weighted by Crippen LogP contribution is 2.26. The maximum absolute atomic E-state index is 13.5. The highest BCUT2D eigenvalue weighted by Gasteiger charge is 2.17. The highest BCUT2D eigenvalue weighted by molar-refractivity contribution is 5.86. The van der Waals surface area contributed by atoms with E-state index in [0.717, 1.165) is 26.2 Å². The molecule has 0 spiro atoms. The standard InChI is InChI=1S/C11H12FN3O2/c12-7-5-8-10(17-11(16)14-8)9(6-7)15-3-1-13-2-4-15/h5-6,13H,1-4H2,(H,14,16). The van der Waals surface area contributed by atoms with Crippen molar-refractivity contribution >= 4 is 16.8 Å². The molecule has 90 valence electrons. The third-order valence-corrected chi connectivity index (χ3v) is 2.92. The minimum atomic E-state index is -0.554. The zero-order chi connectivity index (χ0) is 11.8.